The van der Waals surface area contributed by atoms with Gasteiger partial charge in [0, 0.05) is 11.6 Å². The van der Waals surface area contributed by atoms with E-state index in [1.165, 1.54) is 19.2 Å². The predicted molar refractivity (Wildman–Crippen MR) is 70.9 cm³/mol. The molecule has 120 valence electrons. The monoisotopic (exact) mass is 309 g/mol. The second-order valence-electron chi connectivity index (χ2n) is 4.52. The summed E-state index contributed by atoms with van der Waals surface area (Å²) in [6.07, 6.45) is -3.62. The van der Waals surface area contributed by atoms with Gasteiger partial charge in [-0.25, -0.2) is 4.39 Å². The Kier molecular flexibility index (Phi) is 6.91. The molecule has 1 unspecified atom stereocenters. The molecule has 0 aromatic heterocycles. The molecule has 1 atom stereocenters. The smallest absolute Gasteiger partial charge is 0.411 e. The van der Waals surface area contributed by atoms with Crippen molar-refractivity contribution in [2.24, 2.45) is 0 Å². The third-order valence-electron chi connectivity index (χ3n) is 2.77. The molecule has 0 saturated heterocycles. The molecule has 3 nitrogen and oxygen atoms in total. The molecule has 0 fully saturated rings. The summed E-state index contributed by atoms with van der Waals surface area (Å²) in [6, 6.07) is 3.60. The van der Waals surface area contributed by atoms with Crippen LogP contribution in [0, 0.1) is 5.82 Å². The van der Waals surface area contributed by atoms with E-state index in [9.17, 15) is 17.6 Å². The van der Waals surface area contributed by atoms with E-state index < -0.39 is 24.6 Å². The Labute approximate surface area is 121 Å². The summed E-state index contributed by atoms with van der Waals surface area (Å²) in [4.78, 5) is 0. The third kappa shape index (κ3) is 6.31. The molecule has 0 amide bonds. The summed E-state index contributed by atoms with van der Waals surface area (Å²) in [5.41, 5.74) is 0.256. The van der Waals surface area contributed by atoms with Crippen LogP contribution in [0.3, 0.4) is 0 Å². The molecule has 1 N–H and O–H groups in total. The van der Waals surface area contributed by atoms with Crippen molar-refractivity contribution in [3.63, 3.8) is 0 Å². The lowest BCUT2D eigenvalue weighted by Gasteiger charge is -2.20. The van der Waals surface area contributed by atoms with Gasteiger partial charge in [-0.2, -0.15) is 13.2 Å². The zero-order chi connectivity index (χ0) is 15.9. The minimum atomic E-state index is -4.40. The van der Waals surface area contributed by atoms with Gasteiger partial charge in [-0.1, -0.05) is 13.0 Å². The summed E-state index contributed by atoms with van der Waals surface area (Å²) < 4.78 is 59.8. The van der Waals surface area contributed by atoms with Gasteiger partial charge in [0.15, 0.2) is 0 Å². The fraction of sp³-hybridized carbons (Fsp3) is 0.571. The lowest BCUT2D eigenvalue weighted by Crippen LogP contribution is -2.29. The van der Waals surface area contributed by atoms with Gasteiger partial charge >= 0.3 is 6.18 Å². The SMILES string of the molecule is CCCNC(COCC(F)(F)F)c1ccc(OC)cc1F. The Morgan fingerprint density at radius 3 is 2.52 bits per heavy atom. The highest BCUT2D eigenvalue weighted by Gasteiger charge is 2.28. The molecule has 0 aliphatic rings. The van der Waals surface area contributed by atoms with Crippen molar-refractivity contribution in [3.05, 3.63) is 29.6 Å². The number of benzene rings is 1. The molecular formula is C14H19F4NO2. The fourth-order valence-electron chi connectivity index (χ4n) is 1.79. The van der Waals surface area contributed by atoms with Crippen LogP contribution in [0.25, 0.3) is 0 Å². The second-order valence-corrected chi connectivity index (χ2v) is 4.52. The van der Waals surface area contributed by atoms with Crippen LogP contribution in [0.4, 0.5) is 17.6 Å². The minimum Gasteiger partial charge on any atom is -0.497 e. The Balaban J connectivity index is 2.76. The van der Waals surface area contributed by atoms with Gasteiger partial charge in [0.2, 0.25) is 0 Å². The summed E-state index contributed by atoms with van der Waals surface area (Å²) in [5, 5.41) is 2.98. The van der Waals surface area contributed by atoms with E-state index >= 15 is 0 Å². The second kappa shape index (κ2) is 8.19. The van der Waals surface area contributed by atoms with E-state index in [2.05, 4.69) is 10.1 Å². The van der Waals surface area contributed by atoms with Crippen molar-refractivity contribution in [1.82, 2.24) is 5.32 Å². The van der Waals surface area contributed by atoms with E-state index in [0.29, 0.717) is 12.3 Å². The number of nitrogens with one attached hydrogen (secondary N) is 1. The van der Waals surface area contributed by atoms with Gasteiger partial charge in [-0.3, -0.25) is 0 Å². The van der Waals surface area contributed by atoms with Crippen LogP contribution in [0.5, 0.6) is 5.75 Å². The zero-order valence-electron chi connectivity index (χ0n) is 12.0. The van der Waals surface area contributed by atoms with Crippen LogP contribution in [0.1, 0.15) is 24.9 Å². The number of methoxy groups -OCH3 is 1. The third-order valence-corrected chi connectivity index (χ3v) is 2.77. The Morgan fingerprint density at radius 1 is 1.29 bits per heavy atom. The standard InChI is InChI=1S/C14H19F4NO2/c1-3-6-19-13(8-21-9-14(16,17)18)11-5-4-10(20-2)7-12(11)15/h4-5,7,13,19H,3,6,8-9H2,1-2H3. The average molecular weight is 309 g/mol. The Bertz CT molecular complexity index is 437. The van der Waals surface area contributed by atoms with Gasteiger partial charge in [0.05, 0.1) is 19.8 Å². The number of hydrogen-bond donors (Lipinski definition) is 1. The van der Waals surface area contributed by atoms with Crippen LogP contribution in [-0.4, -0.2) is 33.0 Å². The van der Waals surface area contributed by atoms with Crippen LogP contribution in [-0.2, 0) is 4.74 Å². The van der Waals surface area contributed by atoms with Gasteiger partial charge < -0.3 is 14.8 Å². The highest BCUT2D eigenvalue weighted by molar-refractivity contribution is 5.31. The summed E-state index contributed by atoms with van der Waals surface area (Å²) >= 11 is 0. The Hall–Kier alpha value is -1.34. The van der Waals surface area contributed by atoms with Crippen LogP contribution >= 0.6 is 0 Å². The van der Waals surface area contributed by atoms with Crippen LogP contribution in [0.15, 0.2) is 18.2 Å². The molecule has 0 bridgehead atoms. The molecule has 0 radical (unpaired) electrons. The van der Waals surface area contributed by atoms with E-state index in [1.807, 2.05) is 6.92 Å². The zero-order valence-corrected chi connectivity index (χ0v) is 12.0. The lowest BCUT2D eigenvalue weighted by molar-refractivity contribution is -0.175. The highest BCUT2D eigenvalue weighted by Crippen LogP contribution is 2.23. The number of hydrogen-bond acceptors (Lipinski definition) is 3. The predicted octanol–water partition coefficient (Wildman–Crippen LogP) is 3.45. The first-order valence-corrected chi connectivity index (χ1v) is 6.58. The normalized spacial score (nSPS) is 13.2. The first-order valence-electron chi connectivity index (χ1n) is 6.58. The van der Waals surface area contributed by atoms with Gasteiger partial charge in [-0.15, -0.1) is 0 Å². The maximum absolute atomic E-state index is 14.0. The van der Waals surface area contributed by atoms with Crippen molar-refractivity contribution >= 4 is 0 Å². The first kappa shape index (κ1) is 17.7. The van der Waals surface area contributed by atoms with Crippen LogP contribution in [0.2, 0.25) is 0 Å². The molecule has 0 aliphatic heterocycles. The van der Waals surface area contributed by atoms with Gasteiger partial charge in [0.1, 0.15) is 18.2 Å². The lowest BCUT2D eigenvalue weighted by atomic mass is 10.1. The number of alkyl halides is 3. The fourth-order valence-corrected chi connectivity index (χ4v) is 1.79. The van der Waals surface area contributed by atoms with E-state index in [4.69, 9.17) is 4.74 Å². The van der Waals surface area contributed by atoms with E-state index in [1.54, 1.807) is 6.07 Å². The molecule has 0 heterocycles. The molecule has 0 aliphatic carbocycles. The van der Waals surface area contributed by atoms with Crippen molar-refractivity contribution in [2.75, 3.05) is 26.9 Å². The number of rotatable bonds is 8. The van der Waals surface area contributed by atoms with Crippen molar-refractivity contribution in [2.45, 2.75) is 25.6 Å². The molecule has 21 heavy (non-hydrogen) atoms. The molecule has 1 aromatic rings. The van der Waals surface area contributed by atoms with E-state index in [0.717, 1.165) is 6.42 Å². The molecule has 1 rings (SSSR count). The van der Waals surface area contributed by atoms with Crippen molar-refractivity contribution in [3.8, 4) is 5.75 Å². The van der Waals surface area contributed by atoms with E-state index in [-0.39, 0.29) is 12.2 Å². The quantitative estimate of drug-likeness (QED) is 0.746. The summed E-state index contributed by atoms with van der Waals surface area (Å²) in [6.45, 7) is 0.842. The molecular weight excluding hydrogens is 290 g/mol. The number of halogens is 4. The van der Waals surface area contributed by atoms with Gasteiger partial charge in [-0.05, 0) is 19.0 Å². The largest absolute Gasteiger partial charge is 0.497 e. The van der Waals surface area contributed by atoms with Crippen LogP contribution < -0.4 is 10.1 Å². The van der Waals surface area contributed by atoms with Crippen molar-refractivity contribution < 1.29 is 27.0 Å². The summed E-state index contributed by atoms with van der Waals surface area (Å²) in [5.74, 6) is -0.194. The van der Waals surface area contributed by atoms with Gasteiger partial charge in [0.25, 0.3) is 0 Å². The minimum absolute atomic E-state index is 0.256. The van der Waals surface area contributed by atoms with Crippen molar-refractivity contribution in [1.29, 1.82) is 0 Å². The molecule has 0 saturated carbocycles. The Morgan fingerprint density at radius 2 is 2.00 bits per heavy atom. The average Bonchev–Trinajstić information content (AvgIpc) is 2.41. The summed E-state index contributed by atoms with van der Waals surface area (Å²) in [7, 11) is 1.41. The first-order chi connectivity index (χ1) is 9.87. The molecule has 0 spiro atoms. The molecule has 7 heteroatoms. The topological polar surface area (TPSA) is 30.5 Å². The maximum atomic E-state index is 14.0. The molecule has 1 aromatic carbocycles. The number of ether oxygens (including phenoxy) is 2. The maximum Gasteiger partial charge on any atom is 0.411 e. The highest BCUT2D eigenvalue weighted by atomic mass is 19.4.